The van der Waals surface area contributed by atoms with Crippen LogP contribution in [-0.4, -0.2) is 35.6 Å². The smallest absolute Gasteiger partial charge is 0.358 e. The highest BCUT2D eigenvalue weighted by Gasteiger charge is 2.12. The Labute approximate surface area is 92.3 Å². The van der Waals surface area contributed by atoms with Gasteiger partial charge in [0.15, 0.2) is 11.4 Å². The van der Waals surface area contributed by atoms with Crippen molar-refractivity contribution < 1.29 is 19.4 Å². The number of rotatable bonds is 5. The molecule has 16 heavy (non-hydrogen) atoms. The Morgan fingerprint density at radius 1 is 1.56 bits per heavy atom. The van der Waals surface area contributed by atoms with Crippen LogP contribution in [0.4, 0.5) is 0 Å². The summed E-state index contributed by atoms with van der Waals surface area (Å²) in [5.41, 5.74) is -0.153. The Kier molecular flexibility index (Phi) is 4.26. The van der Waals surface area contributed by atoms with Crippen LogP contribution < -0.4 is 10.1 Å². The van der Waals surface area contributed by atoms with Gasteiger partial charge in [0.1, 0.15) is 0 Å². The van der Waals surface area contributed by atoms with Gasteiger partial charge in [-0.1, -0.05) is 0 Å². The first-order valence-corrected chi connectivity index (χ1v) is 4.67. The van der Waals surface area contributed by atoms with Gasteiger partial charge in [0.25, 0.3) is 0 Å². The maximum atomic E-state index is 10.9. The Morgan fingerprint density at radius 3 is 2.94 bits per heavy atom. The standard InChI is InChI=1S/C10H12N2O4/c1-11-8(13)4-6-16-7-3-2-5-12-9(7)10(14)15/h2-3,5H,4,6H2,1H3,(H,11,13)(H,14,15). The second-order valence-corrected chi connectivity index (χ2v) is 2.93. The summed E-state index contributed by atoms with van der Waals surface area (Å²) in [7, 11) is 1.52. The molecule has 1 heterocycles. The largest absolute Gasteiger partial charge is 0.490 e. The molecule has 0 atom stereocenters. The van der Waals surface area contributed by atoms with Crippen LogP contribution in [0, 0.1) is 0 Å². The van der Waals surface area contributed by atoms with Crippen molar-refractivity contribution in [2.45, 2.75) is 6.42 Å². The molecule has 1 rings (SSSR count). The maximum Gasteiger partial charge on any atom is 0.358 e. The van der Waals surface area contributed by atoms with E-state index in [2.05, 4.69) is 10.3 Å². The van der Waals surface area contributed by atoms with E-state index in [4.69, 9.17) is 9.84 Å². The van der Waals surface area contributed by atoms with Gasteiger partial charge in [-0.05, 0) is 12.1 Å². The second-order valence-electron chi connectivity index (χ2n) is 2.93. The third kappa shape index (κ3) is 3.23. The number of carboxylic acid groups (broad SMARTS) is 1. The molecular weight excluding hydrogens is 212 g/mol. The number of amides is 1. The van der Waals surface area contributed by atoms with Crippen molar-refractivity contribution in [2.75, 3.05) is 13.7 Å². The molecule has 1 amide bonds. The molecule has 0 saturated carbocycles. The third-order valence-corrected chi connectivity index (χ3v) is 1.84. The zero-order valence-electron chi connectivity index (χ0n) is 8.77. The van der Waals surface area contributed by atoms with E-state index in [1.54, 1.807) is 6.07 Å². The van der Waals surface area contributed by atoms with Gasteiger partial charge in [-0.25, -0.2) is 9.78 Å². The monoisotopic (exact) mass is 224 g/mol. The average molecular weight is 224 g/mol. The van der Waals surface area contributed by atoms with Crippen molar-refractivity contribution >= 4 is 11.9 Å². The van der Waals surface area contributed by atoms with Crippen LogP contribution in [0.25, 0.3) is 0 Å². The molecule has 0 aliphatic rings. The third-order valence-electron chi connectivity index (χ3n) is 1.84. The summed E-state index contributed by atoms with van der Waals surface area (Å²) in [5.74, 6) is -1.16. The van der Waals surface area contributed by atoms with Crippen molar-refractivity contribution in [1.29, 1.82) is 0 Å². The van der Waals surface area contributed by atoms with E-state index in [1.165, 1.54) is 19.3 Å². The van der Waals surface area contributed by atoms with Gasteiger partial charge in [-0.2, -0.15) is 0 Å². The lowest BCUT2D eigenvalue weighted by molar-refractivity contribution is -0.121. The Morgan fingerprint density at radius 2 is 2.31 bits per heavy atom. The molecule has 0 aliphatic heterocycles. The van der Waals surface area contributed by atoms with Gasteiger partial charge in [-0.3, -0.25) is 4.79 Å². The van der Waals surface area contributed by atoms with E-state index in [-0.39, 0.29) is 30.4 Å². The van der Waals surface area contributed by atoms with Gasteiger partial charge in [0.2, 0.25) is 5.91 Å². The molecule has 6 heteroatoms. The van der Waals surface area contributed by atoms with Crippen LogP contribution in [0.2, 0.25) is 0 Å². The van der Waals surface area contributed by atoms with Gasteiger partial charge in [-0.15, -0.1) is 0 Å². The highest BCUT2D eigenvalue weighted by Crippen LogP contribution is 2.15. The van der Waals surface area contributed by atoms with E-state index < -0.39 is 5.97 Å². The highest BCUT2D eigenvalue weighted by atomic mass is 16.5. The molecule has 0 radical (unpaired) electrons. The van der Waals surface area contributed by atoms with Gasteiger partial charge in [0.05, 0.1) is 13.0 Å². The number of hydrogen-bond donors (Lipinski definition) is 2. The molecule has 86 valence electrons. The van der Waals surface area contributed by atoms with Gasteiger partial charge < -0.3 is 15.2 Å². The van der Waals surface area contributed by atoms with Crippen molar-refractivity contribution in [3.63, 3.8) is 0 Å². The Hall–Kier alpha value is -2.11. The lowest BCUT2D eigenvalue weighted by atomic mass is 10.3. The fourth-order valence-corrected chi connectivity index (χ4v) is 1.05. The predicted molar refractivity (Wildman–Crippen MR) is 55.4 cm³/mol. The minimum atomic E-state index is -1.16. The van der Waals surface area contributed by atoms with Crippen LogP contribution in [-0.2, 0) is 4.79 Å². The number of nitrogens with one attached hydrogen (secondary N) is 1. The van der Waals surface area contributed by atoms with Crippen LogP contribution in [0.3, 0.4) is 0 Å². The minimum Gasteiger partial charge on any atom is -0.490 e. The summed E-state index contributed by atoms with van der Waals surface area (Å²) < 4.78 is 5.17. The molecule has 0 bridgehead atoms. The van der Waals surface area contributed by atoms with Crippen LogP contribution in [0.1, 0.15) is 16.9 Å². The number of aromatic nitrogens is 1. The summed E-state index contributed by atoms with van der Waals surface area (Å²) in [6, 6.07) is 3.07. The fourth-order valence-electron chi connectivity index (χ4n) is 1.05. The summed E-state index contributed by atoms with van der Waals surface area (Å²) in [6.45, 7) is 0.117. The zero-order valence-corrected chi connectivity index (χ0v) is 8.77. The number of carbonyl (C=O) groups excluding carboxylic acids is 1. The predicted octanol–water partition coefficient (Wildman–Crippen LogP) is 0.295. The molecule has 1 aromatic rings. The van der Waals surface area contributed by atoms with E-state index in [0.29, 0.717) is 0 Å². The number of hydrogen-bond acceptors (Lipinski definition) is 4. The first-order chi connectivity index (χ1) is 7.65. The first-order valence-electron chi connectivity index (χ1n) is 4.67. The number of carboxylic acids is 1. The molecule has 0 fully saturated rings. The van der Waals surface area contributed by atoms with E-state index >= 15 is 0 Å². The molecule has 0 saturated heterocycles. The number of carbonyl (C=O) groups is 2. The van der Waals surface area contributed by atoms with Gasteiger partial charge in [0, 0.05) is 13.2 Å². The number of aromatic carboxylic acids is 1. The number of pyridine rings is 1. The van der Waals surface area contributed by atoms with Crippen molar-refractivity contribution in [1.82, 2.24) is 10.3 Å². The zero-order chi connectivity index (χ0) is 12.0. The Bertz CT molecular complexity index is 392. The number of nitrogens with zero attached hydrogens (tertiary/aromatic N) is 1. The van der Waals surface area contributed by atoms with E-state index in [1.807, 2.05) is 0 Å². The van der Waals surface area contributed by atoms with Crippen molar-refractivity contribution in [2.24, 2.45) is 0 Å². The average Bonchev–Trinajstić information content (AvgIpc) is 2.29. The van der Waals surface area contributed by atoms with Crippen LogP contribution in [0.15, 0.2) is 18.3 Å². The molecular formula is C10H12N2O4. The van der Waals surface area contributed by atoms with E-state index in [9.17, 15) is 9.59 Å². The topological polar surface area (TPSA) is 88.5 Å². The van der Waals surface area contributed by atoms with Crippen molar-refractivity contribution in [3.8, 4) is 5.75 Å². The summed E-state index contributed by atoms with van der Waals surface area (Å²) in [6.07, 6.45) is 1.54. The minimum absolute atomic E-state index is 0.117. The summed E-state index contributed by atoms with van der Waals surface area (Å²) in [4.78, 5) is 25.3. The van der Waals surface area contributed by atoms with Crippen molar-refractivity contribution in [3.05, 3.63) is 24.0 Å². The maximum absolute atomic E-state index is 10.9. The fraction of sp³-hybridized carbons (Fsp3) is 0.300. The second kappa shape index (κ2) is 5.69. The Balaban J connectivity index is 2.60. The molecule has 0 spiro atoms. The molecule has 1 aromatic heterocycles. The lowest BCUT2D eigenvalue weighted by Gasteiger charge is -2.07. The summed E-state index contributed by atoms with van der Waals surface area (Å²) >= 11 is 0. The van der Waals surface area contributed by atoms with Crippen LogP contribution in [0.5, 0.6) is 5.75 Å². The molecule has 6 nitrogen and oxygen atoms in total. The number of ether oxygens (including phenoxy) is 1. The molecule has 0 aromatic carbocycles. The SMILES string of the molecule is CNC(=O)CCOc1cccnc1C(=O)O. The lowest BCUT2D eigenvalue weighted by Crippen LogP contribution is -2.20. The molecule has 2 N–H and O–H groups in total. The summed E-state index contributed by atoms with van der Waals surface area (Å²) in [5, 5.41) is 11.2. The van der Waals surface area contributed by atoms with E-state index in [0.717, 1.165) is 0 Å². The van der Waals surface area contributed by atoms with Crippen LogP contribution >= 0.6 is 0 Å². The normalized spacial score (nSPS) is 9.56. The quantitative estimate of drug-likeness (QED) is 0.750. The molecule has 0 unspecified atom stereocenters. The first kappa shape index (κ1) is 12.0. The van der Waals surface area contributed by atoms with Gasteiger partial charge >= 0.3 is 5.97 Å². The highest BCUT2D eigenvalue weighted by molar-refractivity contribution is 5.88. The molecule has 0 aliphatic carbocycles.